The van der Waals surface area contributed by atoms with E-state index >= 15 is 0 Å². The molecule has 0 aromatic heterocycles. The van der Waals surface area contributed by atoms with Crippen LogP contribution in [-0.4, -0.2) is 34.6 Å². The number of carboxylic acid groups (broad SMARTS) is 1. The molecule has 1 aliphatic heterocycles. The zero-order valence-corrected chi connectivity index (χ0v) is 9.84. The molecule has 1 N–H and O–H groups in total. The lowest BCUT2D eigenvalue weighted by Crippen LogP contribution is -2.21. The number of carboxylic acids is 1. The highest BCUT2D eigenvalue weighted by atomic mass is 16.4. The van der Waals surface area contributed by atoms with Crippen molar-refractivity contribution in [2.75, 3.05) is 13.7 Å². The van der Waals surface area contributed by atoms with E-state index in [1.807, 2.05) is 37.5 Å². The molecule has 0 atom stereocenters. The van der Waals surface area contributed by atoms with Gasteiger partial charge in [0.2, 0.25) is 0 Å². The molecule has 0 unspecified atom stereocenters. The van der Waals surface area contributed by atoms with E-state index in [1.54, 1.807) is 0 Å². The van der Waals surface area contributed by atoms with Crippen LogP contribution in [0.2, 0.25) is 0 Å². The van der Waals surface area contributed by atoms with E-state index in [9.17, 15) is 4.79 Å². The standard InChI is InChI=1S/C13H16N2O2/c1-14-6-7-15(10-14)9-12-4-2-11(3-5-12)8-13(16)17/h2-7H,8-10H2,1H3,(H,16,17). The molecule has 1 aromatic rings. The second-order valence-electron chi connectivity index (χ2n) is 4.33. The van der Waals surface area contributed by atoms with Crippen molar-refractivity contribution < 1.29 is 9.90 Å². The van der Waals surface area contributed by atoms with Gasteiger partial charge in [-0.15, -0.1) is 0 Å². The van der Waals surface area contributed by atoms with E-state index in [2.05, 4.69) is 16.0 Å². The zero-order chi connectivity index (χ0) is 12.3. The first kappa shape index (κ1) is 11.5. The van der Waals surface area contributed by atoms with Crippen LogP contribution in [0.4, 0.5) is 0 Å². The molecular weight excluding hydrogens is 216 g/mol. The fourth-order valence-corrected chi connectivity index (χ4v) is 1.86. The van der Waals surface area contributed by atoms with Gasteiger partial charge in [-0.3, -0.25) is 4.79 Å². The highest BCUT2D eigenvalue weighted by Gasteiger charge is 2.08. The number of hydrogen-bond donors (Lipinski definition) is 1. The molecule has 4 heteroatoms. The Balaban J connectivity index is 1.94. The lowest BCUT2D eigenvalue weighted by atomic mass is 10.1. The predicted molar refractivity (Wildman–Crippen MR) is 65.1 cm³/mol. The van der Waals surface area contributed by atoms with Crippen molar-refractivity contribution in [3.05, 3.63) is 47.8 Å². The third-order valence-corrected chi connectivity index (χ3v) is 2.70. The quantitative estimate of drug-likeness (QED) is 0.854. The molecule has 0 spiro atoms. The van der Waals surface area contributed by atoms with Crippen LogP contribution < -0.4 is 0 Å². The Kier molecular flexibility index (Phi) is 3.32. The highest BCUT2D eigenvalue weighted by molar-refractivity contribution is 5.70. The summed E-state index contributed by atoms with van der Waals surface area (Å²) in [5, 5.41) is 8.67. The topological polar surface area (TPSA) is 43.8 Å². The SMILES string of the molecule is CN1C=CN(Cc2ccc(CC(=O)O)cc2)C1. The normalized spacial score (nSPS) is 14.4. The molecule has 0 amide bonds. The van der Waals surface area contributed by atoms with Gasteiger partial charge >= 0.3 is 5.97 Å². The fourth-order valence-electron chi connectivity index (χ4n) is 1.86. The Hall–Kier alpha value is -1.97. The molecule has 0 saturated heterocycles. The molecule has 0 aliphatic carbocycles. The van der Waals surface area contributed by atoms with Crippen molar-refractivity contribution >= 4 is 5.97 Å². The molecule has 2 rings (SSSR count). The first-order valence-corrected chi connectivity index (χ1v) is 5.56. The Bertz CT molecular complexity index is 426. The van der Waals surface area contributed by atoms with Gasteiger partial charge < -0.3 is 14.9 Å². The summed E-state index contributed by atoms with van der Waals surface area (Å²) in [7, 11) is 2.03. The van der Waals surface area contributed by atoms with E-state index in [-0.39, 0.29) is 6.42 Å². The maximum atomic E-state index is 10.5. The Morgan fingerprint density at radius 3 is 2.41 bits per heavy atom. The van der Waals surface area contributed by atoms with Gasteiger partial charge in [0.1, 0.15) is 0 Å². The summed E-state index contributed by atoms with van der Waals surface area (Å²) in [6, 6.07) is 7.74. The zero-order valence-electron chi connectivity index (χ0n) is 9.84. The summed E-state index contributed by atoms with van der Waals surface area (Å²) in [5.74, 6) is -0.790. The lowest BCUT2D eigenvalue weighted by Gasteiger charge is -2.18. The van der Waals surface area contributed by atoms with Gasteiger partial charge in [0.25, 0.3) is 0 Å². The van der Waals surface area contributed by atoms with Crippen LogP contribution in [0.25, 0.3) is 0 Å². The highest BCUT2D eigenvalue weighted by Crippen LogP contribution is 2.11. The largest absolute Gasteiger partial charge is 0.481 e. The van der Waals surface area contributed by atoms with Crippen LogP contribution in [-0.2, 0) is 17.8 Å². The van der Waals surface area contributed by atoms with E-state index in [1.165, 1.54) is 5.56 Å². The number of carbonyl (C=O) groups is 1. The number of benzene rings is 1. The van der Waals surface area contributed by atoms with Gasteiger partial charge in [-0.25, -0.2) is 0 Å². The van der Waals surface area contributed by atoms with Crippen LogP contribution >= 0.6 is 0 Å². The third kappa shape index (κ3) is 3.24. The average Bonchev–Trinajstić information content (AvgIpc) is 2.66. The molecule has 0 bridgehead atoms. The van der Waals surface area contributed by atoms with Crippen LogP contribution in [0.5, 0.6) is 0 Å². The Labute approximate surface area is 101 Å². The summed E-state index contributed by atoms with van der Waals surface area (Å²) >= 11 is 0. The molecule has 0 fully saturated rings. The predicted octanol–water partition coefficient (Wildman–Crippen LogP) is 1.49. The first-order chi connectivity index (χ1) is 8.13. The monoisotopic (exact) mass is 232 g/mol. The van der Waals surface area contributed by atoms with Crippen LogP contribution in [0.15, 0.2) is 36.7 Å². The summed E-state index contributed by atoms with van der Waals surface area (Å²) in [5.41, 5.74) is 2.04. The summed E-state index contributed by atoms with van der Waals surface area (Å²) in [6.07, 6.45) is 4.19. The summed E-state index contributed by atoms with van der Waals surface area (Å²) in [4.78, 5) is 14.9. The summed E-state index contributed by atoms with van der Waals surface area (Å²) < 4.78 is 0. The maximum Gasteiger partial charge on any atom is 0.307 e. The Morgan fingerprint density at radius 2 is 1.88 bits per heavy atom. The van der Waals surface area contributed by atoms with Crippen molar-refractivity contribution in [2.45, 2.75) is 13.0 Å². The van der Waals surface area contributed by atoms with Crippen LogP contribution in [0.3, 0.4) is 0 Å². The van der Waals surface area contributed by atoms with E-state index < -0.39 is 5.97 Å². The molecule has 0 saturated carbocycles. The second-order valence-corrected chi connectivity index (χ2v) is 4.33. The number of nitrogens with zero attached hydrogens (tertiary/aromatic N) is 2. The second kappa shape index (κ2) is 4.91. The number of rotatable bonds is 4. The molecule has 0 radical (unpaired) electrons. The third-order valence-electron chi connectivity index (χ3n) is 2.70. The van der Waals surface area contributed by atoms with Crippen LogP contribution in [0, 0.1) is 0 Å². The minimum atomic E-state index is -0.790. The van der Waals surface area contributed by atoms with Gasteiger partial charge in [-0.05, 0) is 11.1 Å². The molecule has 4 nitrogen and oxygen atoms in total. The van der Waals surface area contributed by atoms with Gasteiger partial charge in [-0.2, -0.15) is 0 Å². The van der Waals surface area contributed by atoms with Crippen molar-refractivity contribution in [1.29, 1.82) is 0 Å². The van der Waals surface area contributed by atoms with Gasteiger partial charge in [0.15, 0.2) is 0 Å². The molecule has 1 aromatic carbocycles. The van der Waals surface area contributed by atoms with Crippen molar-refractivity contribution in [2.24, 2.45) is 0 Å². The minimum absolute atomic E-state index is 0.0899. The van der Waals surface area contributed by atoms with Gasteiger partial charge in [0, 0.05) is 26.0 Å². The molecule has 90 valence electrons. The first-order valence-electron chi connectivity index (χ1n) is 5.56. The average molecular weight is 232 g/mol. The van der Waals surface area contributed by atoms with Crippen LogP contribution in [0.1, 0.15) is 11.1 Å². The van der Waals surface area contributed by atoms with Gasteiger partial charge in [-0.1, -0.05) is 24.3 Å². The number of aliphatic carboxylic acids is 1. The van der Waals surface area contributed by atoms with Crippen molar-refractivity contribution in [3.8, 4) is 0 Å². The Morgan fingerprint density at radius 1 is 1.24 bits per heavy atom. The van der Waals surface area contributed by atoms with Crippen molar-refractivity contribution in [3.63, 3.8) is 0 Å². The fraction of sp³-hybridized carbons (Fsp3) is 0.308. The van der Waals surface area contributed by atoms with E-state index in [0.717, 1.165) is 18.8 Å². The lowest BCUT2D eigenvalue weighted by molar-refractivity contribution is -0.136. The molecule has 1 heterocycles. The smallest absolute Gasteiger partial charge is 0.307 e. The van der Waals surface area contributed by atoms with Gasteiger partial charge in [0.05, 0.1) is 13.1 Å². The van der Waals surface area contributed by atoms with Crippen molar-refractivity contribution in [1.82, 2.24) is 9.80 Å². The number of hydrogen-bond acceptors (Lipinski definition) is 3. The van der Waals surface area contributed by atoms with E-state index in [0.29, 0.717) is 0 Å². The molecule has 1 aliphatic rings. The maximum absolute atomic E-state index is 10.5. The minimum Gasteiger partial charge on any atom is -0.481 e. The summed E-state index contributed by atoms with van der Waals surface area (Å²) in [6.45, 7) is 1.76. The van der Waals surface area contributed by atoms with E-state index in [4.69, 9.17) is 5.11 Å². The molecule has 17 heavy (non-hydrogen) atoms. The molecular formula is C13H16N2O2.